The largest absolute Gasteiger partial charge is 0.476 e. The second-order valence-corrected chi connectivity index (χ2v) is 2.57. The maximum atomic E-state index is 11.9. The fraction of sp³-hybridized carbons (Fsp3) is 0. The van der Waals surface area contributed by atoms with Gasteiger partial charge in [0.25, 0.3) is 0 Å². The van der Waals surface area contributed by atoms with Crippen LogP contribution >= 0.6 is 0 Å². The lowest BCUT2D eigenvalue weighted by atomic mass is 10.3. The molecule has 1 rings (SSSR count). The van der Waals surface area contributed by atoms with Gasteiger partial charge in [0.2, 0.25) is 0 Å². The van der Waals surface area contributed by atoms with Crippen LogP contribution in [0.5, 0.6) is 0 Å². The lowest BCUT2D eigenvalue weighted by Gasteiger charge is -1.83. The smallest absolute Gasteiger partial charge is 0.207 e. The van der Waals surface area contributed by atoms with E-state index in [-0.39, 0.29) is 0 Å². The van der Waals surface area contributed by atoms with E-state index in [9.17, 15) is 16.6 Å². The Kier molecular flexibility index (Phi) is 4.39. The molecule has 0 N–H and O–H groups in total. The molecule has 0 unspecified atom stereocenters. The molecule has 0 spiro atoms. The Morgan fingerprint density at radius 1 is 0.846 bits per heavy atom. The van der Waals surface area contributed by atoms with Crippen molar-refractivity contribution < 1.29 is 25.0 Å². The minimum Gasteiger partial charge on any atom is -0.207 e. The van der Waals surface area contributed by atoms with E-state index in [1.807, 2.05) is 0 Å². The Hall–Kier alpha value is -1.11. The zero-order chi connectivity index (χ0) is 10.5. The SMILES string of the molecule is Fc1ccc(F)cc1.O=S(=O)(F)F. The van der Waals surface area contributed by atoms with Crippen molar-refractivity contribution in [3.8, 4) is 0 Å². The molecule has 1 aromatic carbocycles. The Bertz CT molecular complexity index is 316. The van der Waals surface area contributed by atoms with Gasteiger partial charge < -0.3 is 0 Å². The molecule has 0 aliphatic heterocycles. The molecule has 0 aliphatic rings. The molecule has 0 saturated heterocycles. The predicted octanol–water partition coefficient (Wildman–Crippen LogP) is 2.14. The number of rotatable bonds is 0. The lowest BCUT2D eigenvalue weighted by molar-refractivity contribution is 0.501. The van der Waals surface area contributed by atoms with Gasteiger partial charge in [-0.25, -0.2) is 8.78 Å². The van der Waals surface area contributed by atoms with E-state index in [0.29, 0.717) is 0 Å². The van der Waals surface area contributed by atoms with Crippen LogP contribution in [0.15, 0.2) is 24.3 Å². The van der Waals surface area contributed by atoms with Crippen LogP contribution < -0.4 is 0 Å². The lowest BCUT2D eigenvalue weighted by Crippen LogP contribution is -1.72. The summed E-state index contributed by atoms with van der Waals surface area (Å²) >= 11 is 0. The van der Waals surface area contributed by atoms with Crippen LogP contribution in [0.25, 0.3) is 0 Å². The fourth-order valence-electron chi connectivity index (χ4n) is 0.430. The van der Waals surface area contributed by atoms with Crippen molar-refractivity contribution in [1.82, 2.24) is 0 Å². The van der Waals surface area contributed by atoms with E-state index in [1.165, 1.54) is 0 Å². The van der Waals surface area contributed by atoms with Gasteiger partial charge in [0.05, 0.1) is 0 Å². The molecular formula is C6H4F4O2S. The summed E-state index contributed by atoms with van der Waals surface area (Å²) < 4.78 is 60.4. The molecule has 74 valence electrons. The summed E-state index contributed by atoms with van der Waals surface area (Å²) in [6, 6.07) is 4.31. The van der Waals surface area contributed by atoms with Gasteiger partial charge in [0.15, 0.2) is 0 Å². The summed E-state index contributed by atoms with van der Waals surface area (Å²) in [6.45, 7) is 0. The van der Waals surface area contributed by atoms with E-state index in [0.717, 1.165) is 24.3 Å². The van der Waals surface area contributed by atoms with Gasteiger partial charge in [-0.1, -0.05) is 7.77 Å². The topological polar surface area (TPSA) is 34.1 Å². The van der Waals surface area contributed by atoms with Crippen molar-refractivity contribution in [3.05, 3.63) is 35.9 Å². The summed E-state index contributed by atoms with van der Waals surface area (Å²) in [6.07, 6.45) is 0. The van der Waals surface area contributed by atoms with Gasteiger partial charge >= 0.3 is 10.6 Å². The maximum absolute atomic E-state index is 11.9. The summed E-state index contributed by atoms with van der Waals surface area (Å²) in [4.78, 5) is 0. The molecule has 0 aliphatic carbocycles. The highest BCUT2D eigenvalue weighted by Crippen LogP contribution is 1.98. The molecule has 0 fully saturated rings. The number of hydrogen-bond donors (Lipinski definition) is 0. The van der Waals surface area contributed by atoms with Gasteiger partial charge in [-0.3, -0.25) is 0 Å². The van der Waals surface area contributed by atoms with Gasteiger partial charge in [0.1, 0.15) is 11.6 Å². The first-order valence-electron chi connectivity index (χ1n) is 2.84. The summed E-state index contributed by atoms with van der Waals surface area (Å²) in [7, 11) is -5.67. The molecule has 2 nitrogen and oxygen atoms in total. The van der Waals surface area contributed by atoms with E-state index >= 15 is 0 Å². The van der Waals surface area contributed by atoms with Crippen LogP contribution in [-0.2, 0) is 10.6 Å². The Balaban J connectivity index is 0.000000252. The average molecular weight is 216 g/mol. The molecule has 0 heterocycles. The number of halogens is 4. The molecule has 13 heavy (non-hydrogen) atoms. The highest BCUT2D eigenvalue weighted by Gasteiger charge is 1.94. The first-order valence-corrected chi connectivity index (χ1v) is 4.13. The predicted molar refractivity (Wildman–Crippen MR) is 37.5 cm³/mol. The van der Waals surface area contributed by atoms with Gasteiger partial charge in [-0.15, -0.1) is 0 Å². The van der Waals surface area contributed by atoms with Crippen LogP contribution in [0.4, 0.5) is 16.6 Å². The van der Waals surface area contributed by atoms with Crippen LogP contribution in [0.3, 0.4) is 0 Å². The van der Waals surface area contributed by atoms with E-state index in [2.05, 4.69) is 0 Å². The van der Waals surface area contributed by atoms with Crippen molar-refractivity contribution in [2.24, 2.45) is 0 Å². The average Bonchev–Trinajstić information content (AvgIpc) is 1.92. The highest BCUT2D eigenvalue weighted by molar-refractivity contribution is 7.81. The van der Waals surface area contributed by atoms with Crippen LogP contribution in [0.1, 0.15) is 0 Å². The van der Waals surface area contributed by atoms with Crippen molar-refractivity contribution in [2.45, 2.75) is 0 Å². The molecule has 0 amide bonds. The second-order valence-electron chi connectivity index (χ2n) is 1.81. The third kappa shape index (κ3) is 10.9. The Morgan fingerprint density at radius 3 is 1.15 bits per heavy atom. The van der Waals surface area contributed by atoms with Gasteiger partial charge in [-0.2, -0.15) is 8.42 Å². The monoisotopic (exact) mass is 216 g/mol. The highest BCUT2D eigenvalue weighted by atomic mass is 32.3. The van der Waals surface area contributed by atoms with Crippen molar-refractivity contribution in [3.63, 3.8) is 0 Å². The molecule has 0 atom stereocenters. The minimum atomic E-state index is -5.67. The first kappa shape index (κ1) is 11.9. The molecule has 1 aromatic rings. The number of benzene rings is 1. The van der Waals surface area contributed by atoms with Crippen LogP contribution in [0.2, 0.25) is 0 Å². The quantitative estimate of drug-likeness (QED) is 0.491. The molecule has 0 saturated carbocycles. The maximum Gasteiger partial charge on any atom is 0.476 e. The molecule has 7 heteroatoms. The second kappa shape index (κ2) is 4.80. The van der Waals surface area contributed by atoms with Crippen LogP contribution in [-0.4, -0.2) is 8.42 Å². The van der Waals surface area contributed by atoms with E-state index in [4.69, 9.17) is 8.42 Å². The Labute approximate surface area is 72.3 Å². The van der Waals surface area contributed by atoms with Gasteiger partial charge in [-0.05, 0) is 24.3 Å². The van der Waals surface area contributed by atoms with E-state index in [1.54, 1.807) is 0 Å². The minimum absolute atomic E-state index is 0.411. The van der Waals surface area contributed by atoms with Crippen LogP contribution in [0, 0.1) is 11.6 Å². The Morgan fingerprint density at radius 2 is 1.00 bits per heavy atom. The molecule has 0 aromatic heterocycles. The summed E-state index contributed by atoms with van der Waals surface area (Å²) in [5, 5.41) is 0. The summed E-state index contributed by atoms with van der Waals surface area (Å²) in [5.74, 6) is -0.821. The molecule has 0 radical (unpaired) electrons. The van der Waals surface area contributed by atoms with Crippen molar-refractivity contribution in [1.29, 1.82) is 0 Å². The molecule has 0 bridgehead atoms. The third-order valence-electron chi connectivity index (χ3n) is 0.804. The number of hydrogen-bond acceptors (Lipinski definition) is 2. The molecular weight excluding hydrogens is 212 g/mol. The van der Waals surface area contributed by atoms with Crippen molar-refractivity contribution >= 4 is 10.6 Å². The zero-order valence-electron chi connectivity index (χ0n) is 6.05. The summed E-state index contributed by atoms with van der Waals surface area (Å²) in [5.41, 5.74) is 0. The van der Waals surface area contributed by atoms with Gasteiger partial charge in [0, 0.05) is 0 Å². The van der Waals surface area contributed by atoms with E-state index < -0.39 is 22.2 Å². The standard InChI is InChI=1S/C6H4F2.F2O2S/c7-5-1-2-6(8)4-3-5;1-5(2,3)4/h1-4H;. The fourth-order valence-corrected chi connectivity index (χ4v) is 0.430. The first-order chi connectivity index (χ1) is 5.79. The zero-order valence-corrected chi connectivity index (χ0v) is 6.86. The van der Waals surface area contributed by atoms with Crippen molar-refractivity contribution in [2.75, 3.05) is 0 Å². The normalized spacial score (nSPS) is 10.2. The third-order valence-corrected chi connectivity index (χ3v) is 0.804.